The molecule has 6 rings (SSSR count). The Labute approximate surface area is 506 Å². The van der Waals surface area contributed by atoms with Crippen LogP contribution in [0.25, 0.3) is 10.9 Å². The summed E-state index contributed by atoms with van der Waals surface area (Å²) in [5.74, 6) is -6.60. The van der Waals surface area contributed by atoms with Gasteiger partial charge in [0.05, 0.1) is 6.04 Å². The molecule has 16 N–H and O–H groups in total. The van der Waals surface area contributed by atoms with Crippen molar-refractivity contribution < 1.29 is 48.3 Å². The predicted molar refractivity (Wildman–Crippen MR) is 330 cm³/mol. The second-order valence-electron chi connectivity index (χ2n) is 22.3. The van der Waals surface area contributed by atoms with Gasteiger partial charge in [-0.25, -0.2) is 4.79 Å². The number of carbonyl (C=O) groups is 9. The molecule has 8 amide bonds. The number of hydrogen-bond donors (Lipinski definition) is 12. The number of nitrogens with zero attached hydrogens (tertiary/aromatic N) is 3. The fourth-order valence-corrected chi connectivity index (χ4v) is 11.4. The van der Waals surface area contributed by atoms with Gasteiger partial charge in [0.15, 0.2) is 5.96 Å². The van der Waals surface area contributed by atoms with Crippen LogP contribution in [0.4, 0.5) is 0 Å². The van der Waals surface area contributed by atoms with Crippen molar-refractivity contribution in [3.8, 4) is 0 Å². The monoisotopic (exact) mass is 1210 g/mol. The molecule has 0 aliphatic carbocycles. The van der Waals surface area contributed by atoms with Gasteiger partial charge in [-0.05, 0) is 118 Å². The quantitative estimate of drug-likeness (QED) is 0.0181. The number of amides is 8. The van der Waals surface area contributed by atoms with E-state index in [9.17, 15) is 48.3 Å². The van der Waals surface area contributed by atoms with Gasteiger partial charge in [-0.15, -0.1) is 0 Å². The van der Waals surface area contributed by atoms with Gasteiger partial charge in [0.2, 0.25) is 47.3 Å². The molecule has 4 aromatic rings. The van der Waals surface area contributed by atoms with Gasteiger partial charge in [-0.1, -0.05) is 92.7 Å². The van der Waals surface area contributed by atoms with Crippen LogP contribution in [0, 0.1) is 5.92 Å². The third-order valence-electron chi connectivity index (χ3n) is 15.6. The number of aromatic amines is 1. The van der Waals surface area contributed by atoms with Crippen LogP contribution >= 0.6 is 11.8 Å². The number of likely N-dealkylation sites (tertiary alicyclic amines) is 2. The van der Waals surface area contributed by atoms with E-state index < -0.39 is 114 Å². The number of aliphatic carboxylic acids is 1. The summed E-state index contributed by atoms with van der Waals surface area (Å²) in [4.78, 5) is 138. The molecule has 2 fully saturated rings. The van der Waals surface area contributed by atoms with E-state index in [1.165, 1.54) is 21.6 Å². The average molecular weight is 1210 g/mol. The van der Waals surface area contributed by atoms with Crippen molar-refractivity contribution in [1.82, 2.24) is 46.7 Å². The van der Waals surface area contributed by atoms with Gasteiger partial charge < -0.3 is 74.7 Å². The lowest BCUT2D eigenvalue weighted by Crippen LogP contribution is -2.61. The van der Waals surface area contributed by atoms with E-state index in [1.807, 2.05) is 91.2 Å². The number of benzene rings is 3. The lowest BCUT2D eigenvalue weighted by molar-refractivity contribution is -0.148. The lowest BCUT2D eigenvalue weighted by Gasteiger charge is -2.33. The Hall–Kier alpha value is -8.03. The zero-order chi connectivity index (χ0) is 62.3. The fourth-order valence-electron chi connectivity index (χ4n) is 10.9. The Morgan fingerprint density at radius 1 is 0.640 bits per heavy atom. The number of carboxylic acids is 1. The second kappa shape index (κ2) is 33.6. The summed E-state index contributed by atoms with van der Waals surface area (Å²) >= 11 is 1.41. The van der Waals surface area contributed by atoms with Crippen LogP contribution in [0.2, 0.25) is 0 Å². The molecule has 3 heterocycles. The van der Waals surface area contributed by atoms with Crippen molar-refractivity contribution in [2.75, 3.05) is 38.2 Å². The summed E-state index contributed by atoms with van der Waals surface area (Å²) in [5, 5.41) is 27.3. The number of rotatable bonds is 33. The Morgan fingerprint density at radius 2 is 1.21 bits per heavy atom. The number of para-hydroxylation sites is 1. The summed E-state index contributed by atoms with van der Waals surface area (Å²) in [6, 6.07) is 15.6. The number of carboxylic acid groups (broad SMARTS) is 1. The van der Waals surface area contributed by atoms with Crippen molar-refractivity contribution >= 4 is 81.9 Å². The molecule has 0 unspecified atom stereocenters. The van der Waals surface area contributed by atoms with Crippen molar-refractivity contribution in [3.05, 3.63) is 108 Å². The minimum atomic E-state index is -1.31. The first-order valence-electron chi connectivity index (χ1n) is 29.6. The SMILES string of the molecule is CSCC[C@H](NC(=O)[C@H](CCCCN)NC(=O)[C@H](CCCN=C(N)N)NC(=O)[C@@H](NC(=O)[C@H](Cc1c[nH]c2ccccc12)NC(=O)[C@@H]1CCCN1C(=O)[C@@H]1CCCN1C(=O)[C@H](Cc1ccccc1)NC(=O)[C@@H](N)Cc1ccccc1)C(C)C)C(=O)O. The summed E-state index contributed by atoms with van der Waals surface area (Å²) in [6.45, 7) is 4.21. The molecule has 9 atom stereocenters. The molecule has 0 spiro atoms. The lowest BCUT2D eigenvalue weighted by atomic mass is 9.99. The zero-order valence-corrected chi connectivity index (χ0v) is 50.2. The van der Waals surface area contributed by atoms with E-state index in [0.717, 1.165) is 22.0 Å². The molecular formula is C61H86N14O10S. The van der Waals surface area contributed by atoms with Crippen LogP contribution in [-0.4, -0.2) is 172 Å². The van der Waals surface area contributed by atoms with Crippen molar-refractivity contribution in [3.63, 3.8) is 0 Å². The Bertz CT molecular complexity index is 2960. The average Bonchev–Trinajstić information content (AvgIpc) is 3.82. The number of carbonyl (C=O) groups excluding carboxylic acids is 8. The van der Waals surface area contributed by atoms with E-state index in [4.69, 9.17) is 22.9 Å². The Balaban J connectivity index is 1.21. The first kappa shape index (κ1) is 67.1. The third-order valence-corrected chi connectivity index (χ3v) is 16.2. The largest absolute Gasteiger partial charge is 0.480 e. The van der Waals surface area contributed by atoms with E-state index in [1.54, 1.807) is 20.0 Å². The molecule has 2 aliphatic heterocycles. The number of aromatic nitrogens is 1. The fraction of sp³-hybridized carbons (Fsp3) is 0.508. The highest BCUT2D eigenvalue weighted by Gasteiger charge is 2.45. The molecule has 466 valence electrons. The molecule has 3 aromatic carbocycles. The number of H-pyrrole nitrogens is 1. The maximum absolute atomic E-state index is 14.9. The van der Waals surface area contributed by atoms with E-state index in [2.05, 4.69) is 41.9 Å². The van der Waals surface area contributed by atoms with Crippen molar-refractivity contribution in [1.29, 1.82) is 0 Å². The number of nitrogens with one attached hydrogen (secondary N) is 7. The highest BCUT2D eigenvalue weighted by Crippen LogP contribution is 2.27. The van der Waals surface area contributed by atoms with Gasteiger partial charge in [-0.2, -0.15) is 11.8 Å². The van der Waals surface area contributed by atoms with Gasteiger partial charge in [0.25, 0.3) is 0 Å². The maximum atomic E-state index is 14.9. The maximum Gasteiger partial charge on any atom is 0.326 e. The third kappa shape index (κ3) is 19.5. The van der Waals surface area contributed by atoms with Crippen LogP contribution in [0.1, 0.15) is 94.7 Å². The molecular weight excluding hydrogens is 1120 g/mol. The highest BCUT2D eigenvalue weighted by atomic mass is 32.2. The van der Waals surface area contributed by atoms with Crippen molar-refractivity contribution in [2.24, 2.45) is 33.8 Å². The number of hydrogen-bond acceptors (Lipinski definition) is 13. The molecule has 0 bridgehead atoms. The molecule has 25 heteroatoms. The summed E-state index contributed by atoms with van der Waals surface area (Å²) < 4.78 is 0. The van der Waals surface area contributed by atoms with E-state index in [0.29, 0.717) is 50.0 Å². The molecule has 2 aliphatic rings. The number of fused-ring (bicyclic) bond motifs is 1. The van der Waals surface area contributed by atoms with Crippen LogP contribution < -0.4 is 54.8 Å². The number of guanidine groups is 1. The van der Waals surface area contributed by atoms with Gasteiger partial charge >= 0.3 is 5.97 Å². The van der Waals surface area contributed by atoms with Crippen LogP contribution in [0.3, 0.4) is 0 Å². The molecule has 0 radical (unpaired) electrons. The number of thioether (sulfide) groups is 1. The molecule has 2 saturated heterocycles. The van der Waals surface area contributed by atoms with Gasteiger partial charge in [0.1, 0.15) is 48.3 Å². The minimum absolute atomic E-state index is 0.0207. The van der Waals surface area contributed by atoms with Crippen LogP contribution in [-0.2, 0) is 62.4 Å². The summed E-state index contributed by atoms with van der Waals surface area (Å²) in [6.07, 6.45) is 6.72. The summed E-state index contributed by atoms with van der Waals surface area (Å²) in [7, 11) is 0. The Morgan fingerprint density at radius 3 is 1.84 bits per heavy atom. The molecule has 1 aromatic heterocycles. The van der Waals surface area contributed by atoms with Gasteiger partial charge in [0, 0.05) is 49.6 Å². The van der Waals surface area contributed by atoms with E-state index in [-0.39, 0.29) is 77.0 Å². The zero-order valence-electron chi connectivity index (χ0n) is 49.3. The van der Waals surface area contributed by atoms with Crippen LogP contribution in [0.15, 0.2) is 96.1 Å². The first-order chi connectivity index (χ1) is 41.3. The van der Waals surface area contributed by atoms with E-state index >= 15 is 0 Å². The van der Waals surface area contributed by atoms with Crippen molar-refractivity contribution in [2.45, 2.75) is 152 Å². The number of nitrogens with two attached hydrogens (primary N) is 4. The predicted octanol–water partition coefficient (Wildman–Crippen LogP) is 1.09. The normalized spacial score (nSPS) is 17.3. The smallest absolute Gasteiger partial charge is 0.326 e. The molecule has 24 nitrogen and oxygen atoms in total. The first-order valence-corrected chi connectivity index (χ1v) is 31.0. The molecule has 86 heavy (non-hydrogen) atoms. The summed E-state index contributed by atoms with van der Waals surface area (Å²) in [5.41, 5.74) is 26.4. The van der Waals surface area contributed by atoms with Gasteiger partial charge in [-0.3, -0.25) is 43.3 Å². The number of aliphatic imine (C=N–C) groups is 1. The minimum Gasteiger partial charge on any atom is -0.480 e. The Kier molecular flexibility index (Phi) is 26.2. The number of unbranched alkanes of at least 4 members (excludes halogenated alkanes) is 1. The molecule has 0 saturated carbocycles. The topological polar surface area (TPSA) is 385 Å². The second-order valence-corrected chi connectivity index (χ2v) is 23.3. The highest BCUT2D eigenvalue weighted by molar-refractivity contribution is 7.98. The standard InChI is InChI=1S/C61H86N14O10S/c1-37(2)51(57(81)69-45(24-14-29-66-61(64)65)53(77)68-44(23-12-13-28-62)54(78)70-46(60(84)85)27-32-86-3)73-55(79)47(35-40-36-67-43-22-11-10-21-41(40)43)71-56(80)49-25-15-30-74(49)59(83)50-26-16-31-75(50)58(82)48(34-39-19-8-5-9-20-39)72-52(76)42(63)33-38-17-6-4-7-18-38/h4-11,17-22,36-37,42,44-51,67H,12-16,23-35,62-63H2,1-3H3,(H,68,77)(H,69,81)(H,70,78)(H,71,80)(H,72,76)(H,73,79)(H,84,85)(H4,64,65,66)/t42-,44-,45-,46-,47-,48-,49-,50-,51-/m0/s1. The van der Waals surface area contributed by atoms with Crippen LogP contribution in [0.5, 0.6) is 0 Å².